The molecule has 3 nitrogen and oxygen atoms in total. The zero-order chi connectivity index (χ0) is 13.0. The largest absolute Gasteiger partial charge is 0.396 e. The second kappa shape index (κ2) is 5.78. The summed E-state index contributed by atoms with van der Waals surface area (Å²) in [6, 6.07) is 8.19. The highest BCUT2D eigenvalue weighted by molar-refractivity contribution is 7.18. The van der Waals surface area contributed by atoms with Crippen LogP contribution >= 0.6 is 11.3 Å². The topological polar surface area (TPSA) is 45.1 Å². The van der Waals surface area contributed by atoms with Gasteiger partial charge < -0.3 is 10.4 Å². The van der Waals surface area contributed by atoms with Gasteiger partial charge in [0.05, 0.1) is 10.2 Å². The minimum Gasteiger partial charge on any atom is -0.396 e. The first kappa shape index (κ1) is 13.5. The third-order valence-corrected chi connectivity index (χ3v) is 4.44. The van der Waals surface area contributed by atoms with Crippen molar-refractivity contribution >= 4 is 21.6 Å². The molecule has 1 unspecified atom stereocenters. The monoisotopic (exact) mass is 264 g/mol. The van der Waals surface area contributed by atoms with E-state index in [1.54, 1.807) is 11.3 Å². The third-order valence-electron chi connectivity index (χ3n) is 3.40. The molecule has 1 aromatic heterocycles. The Kier molecular flexibility index (Phi) is 4.32. The normalized spacial score (nSPS) is 14.8. The van der Waals surface area contributed by atoms with Crippen LogP contribution in [0.3, 0.4) is 0 Å². The van der Waals surface area contributed by atoms with E-state index in [9.17, 15) is 5.11 Å². The molecule has 0 saturated heterocycles. The quantitative estimate of drug-likeness (QED) is 0.843. The molecule has 2 aromatic rings. The molecule has 2 N–H and O–H groups in total. The lowest BCUT2D eigenvalue weighted by Crippen LogP contribution is -2.34. The van der Waals surface area contributed by atoms with Crippen LogP contribution in [0.15, 0.2) is 24.3 Å². The predicted octanol–water partition coefficient (Wildman–Crippen LogP) is 2.79. The number of benzene rings is 1. The lowest BCUT2D eigenvalue weighted by molar-refractivity contribution is 0.135. The number of thiazole rings is 1. The van der Waals surface area contributed by atoms with Gasteiger partial charge in [0, 0.05) is 25.1 Å². The molecule has 1 heterocycles. The maximum absolute atomic E-state index is 9.34. The van der Waals surface area contributed by atoms with Gasteiger partial charge in [-0.05, 0) is 18.6 Å². The van der Waals surface area contributed by atoms with E-state index in [4.69, 9.17) is 0 Å². The molecule has 0 fully saturated rings. The summed E-state index contributed by atoms with van der Waals surface area (Å²) in [4.78, 5) is 4.58. The van der Waals surface area contributed by atoms with Crippen molar-refractivity contribution in [2.45, 2.75) is 26.8 Å². The van der Waals surface area contributed by atoms with Gasteiger partial charge in [0.2, 0.25) is 0 Å². The van der Waals surface area contributed by atoms with E-state index < -0.39 is 0 Å². The molecule has 0 amide bonds. The van der Waals surface area contributed by atoms with Crippen LogP contribution in [-0.2, 0) is 6.54 Å². The SMILES string of the molecule is CCC(C)(CO)CNCc1nc2ccccc2s1. The zero-order valence-corrected chi connectivity index (χ0v) is 11.8. The van der Waals surface area contributed by atoms with Gasteiger partial charge >= 0.3 is 0 Å². The fourth-order valence-corrected chi connectivity index (χ4v) is 2.70. The van der Waals surface area contributed by atoms with E-state index in [1.807, 2.05) is 18.2 Å². The summed E-state index contributed by atoms with van der Waals surface area (Å²) in [5.74, 6) is 0. The number of rotatable bonds is 6. The second-order valence-electron chi connectivity index (χ2n) is 5.00. The predicted molar refractivity (Wildman–Crippen MR) is 76.8 cm³/mol. The summed E-state index contributed by atoms with van der Waals surface area (Å²) in [6.45, 7) is 6.01. The highest BCUT2D eigenvalue weighted by atomic mass is 32.1. The zero-order valence-electron chi connectivity index (χ0n) is 10.9. The fourth-order valence-electron chi connectivity index (χ4n) is 1.76. The molecule has 4 heteroatoms. The summed E-state index contributed by atoms with van der Waals surface area (Å²) >= 11 is 1.73. The van der Waals surface area contributed by atoms with Crippen LogP contribution in [0.2, 0.25) is 0 Å². The molecule has 0 saturated carbocycles. The lowest BCUT2D eigenvalue weighted by Gasteiger charge is -2.25. The number of hydrogen-bond acceptors (Lipinski definition) is 4. The van der Waals surface area contributed by atoms with Crippen LogP contribution in [0, 0.1) is 5.41 Å². The molecular weight excluding hydrogens is 244 g/mol. The van der Waals surface area contributed by atoms with Crippen LogP contribution in [0.5, 0.6) is 0 Å². The third kappa shape index (κ3) is 3.07. The van der Waals surface area contributed by atoms with Crippen molar-refractivity contribution in [3.8, 4) is 0 Å². The minimum absolute atomic E-state index is 0.0311. The Labute approximate surface area is 112 Å². The number of aliphatic hydroxyl groups excluding tert-OH is 1. The summed E-state index contributed by atoms with van der Waals surface area (Å²) in [5, 5.41) is 13.8. The van der Waals surface area contributed by atoms with Gasteiger partial charge in [-0.25, -0.2) is 4.98 Å². The second-order valence-corrected chi connectivity index (χ2v) is 6.12. The molecule has 18 heavy (non-hydrogen) atoms. The maximum atomic E-state index is 9.34. The summed E-state index contributed by atoms with van der Waals surface area (Å²) in [5.41, 5.74) is 1.04. The van der Waals surface area contributed by atoms with Crippen LogP contribution < -0.4 is 5.32 Å². The Morgan fingerprint density at radius 3 is 2.83 bits per heavy atom. The Bertz CT molecular complexity index is 472. The van der Waals surface area contributed by atoms with Crippen molar-refractivity contribution in [2.75, 3.05) is 13.2 Å². The standard InChI is InChI=1S/C14H20N2OS/c1-3-14(2,10-17)9-15-8-13-16-11-6-4-5-7-12(11)18-13/h4-7,15,17H,3,8-10H2,1-2H3. The summed E-state index contributed by atoms with van der Waals surface area (Å²) < 4.78 is 1.23. The summed E-state index contributed by atoms with van der Waals surface area (Å²) in [6.07, 6.45) is 0.969. The molecule has 1 aromatic carbocycles. The first-order valence-electron chi connectivity index (χ1n) is 6.33. The average Bonchev–Trinajstić information content (AvgIpc) is 2.81. The molecule has 0 radical (unpaired) electrons. The molecule has 0 bridgehead atoms. The highest BCUT2D eigenvalue weighted by Gasteiger charge is 2.20. The van der Waals surface area contributed by atoms with Crippen molar-refractivity contribution in [3.05, 3.63) is 29.3 Å². The van der Waals surface area contributed by atoms with Crippen LogP contribution in [0.25, 0.3) is 10.2 Å². The van der Waals surface area contributed by atoms with E-state index >= 15 is 0 Å². The molecule has 1 atom stereocenters. The Morgan fingerprint density at radius 1 is 1.39 bits per heavy atom. The number of aromatic nitrogens is 1. The number of aliphatic hydroxyl groups is 1. The van der Waals surface area contributed by atoms with Crippen LogP contribution in [0.4, 0.5) is 0 Å². The van der Waals surface area contributed by atoms with Gasteiger partial charge in [-0.3, -0.25) is 0 Å². The molecule has 0 aliphatic rings. The minimum atomic E-state index is -0.0311. The van der Waals surface area contributed by atoms with Gasteiger partial charge in [-0.2, -0.15) is 0 Å². The fraction of sp³-hybridized carbons (Fsp3) is 0.500. The number of fused-ring (bicyclic) bond motifs is 1. The maximum Gasteiger partial charge on any atom is 0.108 e. The van der Waals surface area contributed by atoms with Gasteiger partial charge in [-0.15, -0.1) is 11.3 Å². The van der Waals surface area contributed by atoms with Gasteiger partial charge in [-0.1, -0.05) is 26.0 Å². The number of nitrogens with zero attached hydrogens (tertiary/aromatic N) is 1. The van der Waals surface area contributed by atoms with Gasteiger partial charge in [0.15, 0.2) is 0 Å². The van der Waals surface area contributed by atoms with E-state index in [2.05, 4.69) is 30.2 Å². The highest BCUT2D eigenvalue weighted by Crippen LogP contribution is 2.22. The van der Waals surface area contributed by atoms with E-state index in [0.29, 0.717) is 0 Å². The van der Waals surface area contributed by atoms with Crippen LogP contribution in [-0.4, -0.2) is 23.2 Å². The lowest BCUT2D eigenvalue weighted by atomic mass is 9.89. The first-order chi connectivity index (χ1) is 8.67. The van der Waals surface area contributed by atoms with Crippen LogP contribution in [0.1, 0.15) is 25.3 Å². The van der Waals surface area contributed by atoms with Crippen molar-refractivity contribution in [1.29, 1.82) is 0 Å². The van der Waals surface area contributed by atoms with Crippen molar-refractivity contribution < 1.29 is 5.11 Å². The number of hydrogen-bond donors (Lipinski definition) is 2. The Morgan fingerprint density at radius 2 is 2.17 bits per heavy atom. The first-order valence-corrected chi connectivity index (χ1v) is 7.14. The van der Waals surface area contributed by atoms with Gasteiger partial charge in [0.1, 0.15) is 5.01 Å². The molecule has 0 aliphatic carbocycles. The summed E-state index contributed by atoms with van der Waals surface area (Å²) in [7, 11) is 0. The van der Waals surface area contributed by atoms with Crippen molar-refractivity contribution in [3.63, 3.8) is 0 Å². The average molecular weight is 264 g/mol. The van der Waals surface area contributed by atoms with E-state index in [1.165, 1.54) is 4.70 Å². The molecular formula is C14H20N2OS. The molecule has 0 spiro atoms. The molecule has 0 aliphatic heterocycles. The van der Waals surface area contributed by atoms with E-state index in [-0.39, 0.29) is 12.0 Å². The number of para-hydroxylation sites is 1. The Balaban J connectivity index is 1.94. The van der Waals surface area contributed by atoms with Crippen molar-refractivity contribution in [2.24, 2.45) is 5.41 Å². The smallest absolute Gasteiger partial charge is 0.108 e. The van der Waals surface area contributed by atoms with Crippen molar-refractivity contribution in [1.82, 2.24) is 10.3 Å². The Hall–Kier alpha value is -0.970. The van der Waals surface area contributed by atoms with E-state index in [0.717, 1.165) is 30.0 Å². The van der Waals surface area contributed by atoms with Gasteiger partial charge in [0.25, 0.3) is 0 Å². The number of nitrogens with one attached hydrogen (secondary N) is 1. The molecule has 98 valence electrons. The molecule has 2 rings (SSSR count).